The van der Waals surface area contributed by atoms with Crippen LogP contribution in [0.25, 0.3) is 0 Å². The van der Waals surface area contributed by atoms with Crippen molar-refractivity contribution in [2.24, 2.45) is 0 Å². The van der Waals surface area contributed by atoms with Crippen molar-refractivity contribution in [3.05, 3.63) is 12.2 Å². The van der Waals surface area contributed by atoms with E-state index < -0.39 is 0 Å². The summed E-state index contributed by atoms with van der Waals surface area (Å²) in [5, 5.41) is 4.03. The Morgan fingerprint density at radius 1 is 1.75 bits per heavy atom. The van der Waals surface area contributed by atoms with Gasteiger partial charge in [0, 0.05) is 6.54 Å². The Labute approximate surface area is 48.4 Å². The van der Waals surface area contributed by atoms with Crippen LogP contribution < -0.4 is 0 Å². The van der Waals surface area contributed by atoms with Crippen molar-refractivity contribution in [3.63, 3.8) is 0 Å². The van der Waals surface area contributed by atoms with Crippen LogP contribution in [0.5, 0.6) is 0 Å². The molecule has 0 aromatic carbocycles. The fourth-order valence-corrected chi connectivity index (χ4v) is 0.540. The molecule has 1 heterocycles. The van der Waals surface area contributed by atoms with Crippen LogP contribution in [-0.2, 0) is 6.54 Å². The first-order valence-electron chi connectivity index (χ1n) is 2.69. The second kappa shape index (κ2) is 1.94. The zero-order chi connectivity index (χ0) is 5.98. The highest BCUT2D eigenvalue weighted by molar-refractivity contribution is 4.73. The van der Waals surface area contributed by atoms with Gasteiger partial charge >= 0.3 is 0 Å². The molecular weight excluding hydrogens is 102 g/mol. The molecule has 0 spiro atoms. The Morgan fingerprint density at radius 2 is 2.50 bits per heavy atom. The zero-order valence-electron chi connectivity index (χ0n) is 5.13. The van der Waals surface area contributed by atoms with Crippen LogP contribution in [-0.4, -0.2) is 14.8 Å². The third-order valence-electron chi connectivity index (χ3n) is 0.975. The lowest BCUT2D eigenvalue weighted by Crippen LogP contribution is -1.93. The SMILES string of the molecule is CCn1cnc(C)n1. The Morgan fingerprint density at radius 3 is 2.75 bits per heavy atom. The minimum atomic E-state index is 0.840. The highest BCUT2D eigenvalue weighted by Gasteiger charge is 1.87. The summed E-state index contributed by atoms with van der Waals surface area (Å²) in [6.45, 7) is 4.82. The van der Waals surface area contributed by atoms with E-state index in [1.807, 2.05) is 13.8 Å². The molecule has 1 aromatic rings. The van der Waals surface area contributed by atoms with Crippen LogP contribution in [0, 0.1) is 6.92 Å². The standard InChI is InChI=1S/C5H9N3/c1-3-8-4-6-5(2)7-8/h4H,3H2,1-2H3. The Balaban J connectivity index is 2.84. The van der Waals surface area contributed by atoms with Crippen molar-refractivity contribution in [3.8, 4) is 0 Å². The van der Waals surface area contributed by atoms with Crippen LogP contribution in [0.2, 0.25) is 0 Å². The summed E-state index contributed by atoms with van der Waals surface area (Å²) in [6, 6.07) is 0. The number of rotatable bonds is 1. The number of aromatic nitrogens is 3. The van der Waals surface area contributed by atoms with Gasteiger partial charge < -0.3 is 0 Å². The molecule has 0 bridgehead atoms. The van der Waals surface area contributed by atoms with E-state index in [1.54, 1.807) is 11.0 Å². The van der Waals surface area contributed by atoms with Gasteiger partial charge in [-0.3, -0.25) is 4.68 Å². The monoisotopic (exact) mass is 111 g/mol. The van der Waals surface area contributed by atoms with Crippen molar-refractivity contribution in [2.75, 3.05) is 0 Å². The molecule has 0 atom stereocenters. The number of aryl methyl sites for hydroxylation is 2. The molecule has 3 heteroatoms. The fourth-order valence-electron chi connectivity index (χ4n) is 0.540. The summed E-state index contributed by atoms with van der Waals surface area (Å²) in [5.41, 5.74) is 0. The van der Waals surface area contributed by atoms with Gasteiger partial charge in [-0.25, -0.2) is 4.98 Å². The molecule has 44 valence electrons. The fraction of sp³-hybridized carbons (Fsp3) is 0.600. The van der Waals surface area contributed by atoms with E-state index in [1.165, 1.54) is 0 Å². The first kappa shape index (κ1) is 5.28. The molecule has 8 heavy (non-hydrogen) atoms. The van der Waals surface area contributed by atoms with Gasteiger partial charge in [0.1, 0.15) is 12.2 Å². The Bertz CT molecular complexity index is 168. The molecule has 1 aromatic heterocycles. The molecule has 0 unspecified atom stereocenters. The van der Waals surface area contributed by atoms with E-state index in [2.05, 4.69) is 10.1 Å². The summed E-state index contributed by atoms with van der Waals surface area (Å²) in [5.74, 6) is 0.840. The Kier molecular flexibility index (Phi) is 1.28. The third kappa shape index (κ3) is 0.857. The molecular formula is C5H9N3. The summed E-state index contributed by atoms with van der Waals surface area (Å²) in [6.07, 6.45) is 1.73. The average molecular weight is 111 g/mol. The molecule has 0 aliphatic rings. The smallest absolute Gasteiger partial charge is 0.147 e. The molecule has 0 fully saturated rings. The minimum absolute atomic E-state index is 0.840. The van der Waals surface area contributed by atoms with Crippen LogP contribution in [0.4, 0.5) is 0 Å². The number of hydrogen-bond acceptors (Lipinski definition) is 2. The maximum atomic E-state index is 4.03. The van der Waals surface area contributed by atoms with Crippen LogP contribution in [0.1, 0.15) is 12.7 Å². The van der Waals surface area contributed by atoms with Crippen molar-refractivity contribution in [2.45, 2.75) is 20.4 Å². The second-order valence-electron chi connectivity index (χ2n) is 1.65. The van der Waals surface area contributed by atoms with E-state index in [4.69, 9.17) is 0 Å². The van der Waals surface area contributed by atoms with E-state index in [0.29, 0.717) is 0 Å². The quantitative estimate of drug-likeness (QED) is 0.531. The number of nitrogens with zero attached hydrogens (tertiary/aromatic N) is 3. The van der Waals surface area contributed by atoms with Crippen molar-refractivity contribution >= 4 is 0 Å². The molecule has 0 aliphatic heterocycles. The molecule has 1 rings (SSSR count). The first-order chi connectivity index (χ1) is 3.83. The predicted molar refractivity (Wildman–Crippen MR) is 30.4 cm³/mol. The van der Waals surface area contributed by atoms with Crippen molar-refractivity contribution in [1.82, 2.24) is 14.8 Å². The van der Waals surface area contributed by atoms with Crippen LogP contribution >= 0.6 is 0 Å². The maximum absolute atomic E-state index is 4.03. The topological polar surface area (TPSA) is 30.7 Å². The van der Waals surface area contributed by atoms with E-state index in [9.17, 15) is 0 Å². The van der Waals surface area contributed by atoms with E-state index in [0.717, 1.165) is 12.4 Å². The van der Waals surface area contributed by atoms with E-state index >= 15 is 0 Å². The van der Waals surface area contributed by atoms with Crippen LogP contribution in [0.3, 0.4) is 0 Å². The maximum Gasteiger partial charge on any atom is 0.147 e. The first-order valence-corrected chi connectivity index (χ1v) is 2.69. The molecule has 0 N–H and O–H groups in total. The lowest BCUT2D eigenvalue weighted by atomic mass is 10.8. The minimum Gasteiger partial charge on any atom is -0.253 e. The van der Waals surface area contributed by atoms with Gasteiger partial charge in [-0.05, 0) is 13.8 Å². The van der Waals surface area contributed by atoms with Gasteiger partial charge in [0.2, 0.25) is 0 Å². The van der Waals surface area contributed by atoms with Crippen LogP contribution in [0.15, 0.2) is 6.33 Å². The lowest BCUT2D eigenvalue weighted by Gasteiger charge is -1.86. The summed E-state index contributed by atoms with van der Waals surface area (Å²) >= 11 is 0. The van der Waals surface area contributed by atoms with Crippen molar-refractivity contribution < 1.29 is 0 Å². The molecule has 0 saturated heterocycles. The van der Waals surface area contributed by atoms with E-state index in [-0.39, 0.29) is 0 Å². The summed E-state index contributed by atoms with van der Waals surface area (Å²) in [4.78, 5) is 3.94. The van der Waals surface area contributed by atoms with Gasteiger partial charge in [0.15, 0.2) is 0 Å². The van der Waals surface area contributed by atoms with Gasteiger partial charge in [-0.15, -0.1) is 0 Å². The van der Waals surface area contributed by atoms with Crippen molar-refractivity contribution in [1.29, 1.82) is 0 Å². The highest BCUT2D eigenvalue weighted by atomic mass is 15.3. The average Bonchev–Trinajstić information content (AvgIpc) is 2.14. The predicted octanol–water partition coefficient (Wildman–Crippen LogP) is 0.606. The molecule has 0 aliphatic carbocycles. The third-order valence-corrected chi connectivity index (χ3v) is 0.975. The molecule has 0 radical (unpaired) electrons. The van der Waals surface area contributed by atoms with Gasteiger partial charge in [0.25, 0.3) is 0 Å². The van der Waals surface area contributed by atoms with Gasteiger partial charge in [-0.2, -0.15) is 5.10 Å². The lowest BCUT2D eigenvalue weighted by molar-refractivity contribution is 0.652. The summed E-state index contributed by atoms with van der Waals surface area (Å²) < 4.78 is 1.80. The van der Waals surface area contributed by atoms with Gasteiger partial charge in [0.05, 0.1) is 0 Å². The zero-order valence-corrected chi connectivity index (χ0v) is 5.13. The normalized spacial score (nSPS) is 9.75. The molecule has 0 amide bonds. The summed E-state index contributed by atoms with van der Waals surface area (Å²) in [7, 11) is 0. The Hall–Kier alpha value is -0.860. The number of hydrogen-bond donors (Lipinski definition) is 0. The van der Waals surface area contributed by atoms with Gasteiger partial charge in [-0.1, -0.05) is 0 Å². The molecule has 0 saturated carbocycles. The largest absolute Gasteiger partial charge is 0.253 e. The highest BCUT2D eigenvalue weighted by Crippen LogP contribution is 1.83. The second-order valence-corrected chi connectivity index (χ2v) is 1.65. The molecule has 3 nitrogen and oxygen atoms in total.